The van der Waals surface area contributed by atoms with Gasteiger partial charge in [-0.2, -0.15) is 14.4 Å². The molecule has 2 atom stereocenters. The van der Waals surface area contributed by atoms with E-state index in [1.165, 1.54) is 77.6 Å². The highest BCUT2D eigenvalue weighted by Gasteiger charge is 2.40. The average molecular weight is 592 g/mol. The first-order valence-corrected chi connectivity index (χ1v) is 15.9. The van der Waals surface area contributed by atoms with Gasteiger partial charge in [0.25, 0.3) is 0 Å². The molecule has 10 nitrogen and oxygen atoms in total. The molecular weight excluding hydrogens is 541 g/mol. The molecule has 0 radical (unpaired) electrons. The van der Waals surface area contributed by atoms with Crippen LogP contribution in [0, 0.1) is 6.08 Å². The van der Waals surface area contributed by atoms with Crippen molar-refractivity contribution < 1.29 is 28.2 Å². The molecule has 0 aliphatic carbocycles. The number of nitrogens with zero attached hydrogens (tertiary/aromatic N) is 4. The Balaban J connectivity index is 1.69. The Bertz CT molecular complexity index is 1110. The van der Waals surface area contributed by atoms with Crippen LogP contribution in [0.2, 0.25) is 0 Å². The summed E-state index contributed by atoms with van der Waals surface area (Å²) in [6.07, 6.45) is 18.6. The minimum Gasteiger partial charge on any atom is -0.462 e. The summed E-state index contributed by atoms with van der Waals surface area (Å²) in [4.78, 5) is 37.2. The molecule has 0 unspecified atom stereocenters. The topological polar surface area (TPSA) is 131 Å². The van der Waals surface area contributed by atoms with Gasteiger partial charge in [-0.05, 0) is 19.8 Å². The average Bonchev–Trinajstić information content (AvgIpc) is 3.37. The Hall–Kier alpha value is -2.82. The summed E-state index contributed by atoms with van der Waals surface area (Å²) in [5.41, 5.74) is 5.07. The van der Waals surface area contributed by atoms with E-state index in [0.717, 1.165) is 38.5 Å². The van der Waals surface area contributed by atoms with Crippen LogP contribution < -0.4 is 5.73 Å². The highest BCUT2D eigenvalue weighted by molar-refractivity contribution is 5.81. The zero-order valence-electron chi connectivity index (χ0n) is 25.6. The maximum atomic E-state index is 14.0. The summed E-state index contributed by atoms with van der Waals surface area (Å²) in [5.74, 6) is -0.768. The molecule has 0 aromatic carbocycles. The Kier molecular flexibility index (Phi) is 14.4. The zero-order chi connectivity index (χ0) is 30.2. The van der Waals surface area contributed by atoms with Crippen molar-refractivity contribution in [2.75, 3.05) is 19.5 Å². The van der Waals surface area contributed by atoms with Gasteiger partial charge in [-0.3, -0.25) is 9.59 Å². The van der Waals surface area contributed by atoms with Gasteiger partial charge < -0.3 is 24.5 Å². The van der Waals surface area contributed by atoms with E-state index in [9.17, 15) is 14.0 Å². The lowest BCUT2D eigenvalue weighted by molar-refractivity contribution is -0.183. The SMILES string of the molecule is CO[C@]1(C)COC(=O)CCCCCCCCCCCCCCCCCCC(=O)O[C@H]1Cn1cnc2c(N)nc(F)nc21. The van der Waals surface area contributed by atoms with Gasteiger partial charge in [0.05, 0.1) is 12.9 Å². The fourth-order valence-electron chi connectivity index (χ4n) is 5.42. The highest BCUT2D eigenvalue weighted by Crippen LogP contribution is 2.25. The van der Waals surface area contributed by atoms with Crippen LogP contribution in [0.4, 0.5) is 10.2 Å². The fraction of sp³-hybridized carbons (Fsp3) is 0.774. The molecule has 1 aliphatic rings. The minimum absolute atomic E-state index is 0.0417. The lowest BCUT2D eigenvalue weighted by Gasteiger charge is -2.35. The summed E-state index contributed by atoms with van der Waals surface area (Å²) < 4.78 is 32.9. The summed E-state index contributed by atoms with van der Waals surface area (Å²) >= 11 is 0. The van der Waals surface area contributed by atoms with E-state index >= 15 is 0 Å². The number of esters is 2. The molecule has 0 saturated carbocycles. The molecule has 2 aromatic heterocycles. The second-order valence-corrected chi connectivity index (χ2v) is 11.8. The first kappa shape index (κ1) is 33.7. The van der Waals surface area contributed by atoms with Crippen LogP contribution in [0.15, 0.2) is 6.33 Å². The molecule has 1 aliphatic heterocycles. The van der Waals surface area contributed by atoms with Gasteiger partial charge in [0.1, 0.15) is 17.7 Å². The number of fused-ring (bicyclic) bond motifs is 1. The number of hydrogen-bond donors (Lipinski definition) is 1. The van der Waals surface area contributed by atoms with E-state index in [2.05, 4.69) is 15.0 Å². The van der Waals surface area contributed by atoms with E-state index in [1.54, 1.807) is 11.5 Å². The highest BCUT2D eigenvalue weighted by atomic mass is 19.1. The molecule has 1 saturated heterocycles. The van der Waals surface area contributed by atoms with Crippen LogP contribution in [-0.4, -0.2) is 56.9 Å². The molecule has 11 heteroatoms. The van der Waals surface area contributed by atoms with Crippen LogP contribution in [0.1, 0.15) is 122 Å². The molecule has 3 heterocycles. The van der Waals surface area contributed by atoms with Gasteiger partial charge in [0.2, 0.25) is 0 Å². The van der Waals surface area contributed by atoms with E-state index in [-0.39, 0.29) is 48.5 Å². The van der Waals surface area contributed by atoms with Crippen molar-refractivity contribution in [2.45, 2.75) is 141 Å². The Morgan fingerprint density at radius 2 is 1.38 bits per heavy atom. The predicted octanol–water partition coefficient (Wildman–Crippen LogP) is 6.44. The molecule has 0 bridgehead atoms. The van der Waals surface area contributed by atoms with Crippen molar-refractivity contribution >= 4 is 28.9 Å². The van der Waals surface area contributed by atoms with Gasteiger partial charge in [-0.1, -0.05) is 89.9 Å². The van der Waals surface area contributed by atoms with Gasteiger partial charge in [0.15, 0.2) is 17.6 Å². The molecule has 0 amide bonds. The number of nitrogens with two attached hydrogens (primary N) is 1. The van der Waals surface area contributed by atoms with Crippen LogP contribution in [0.25, 0.3) is 11.2 Å². The number of halogens is 1. The Morgan fingerprint density at radius 1 is 0.881 bits per heavy atom. The molecule has 3 rings (SSSR count). The predicted molar refractivity (Wildman–Crippen MR) is 159 cm³/mol. The monoisotopic (exact) mass is 591 g/mol. The van der Waals surface area contributed by atoms with Gasteiger partial charge in [-0.25, -0.2) is 4.98 Å². The number of rotatable bonds is 3. The lowest BCUT2D eigenvalue weighted by Crippen LogP contribution is -2.50. The molecule has 2 N–H and O–H groups in total. The second-order valence-electron chi connectivity index (χ2n) is 11.8. The third kappa shape index (κ3) is 11.1. The van der Waals surface area contributed by atoms with Gasteiger partial charge >= 0.3 is 18.0 Å². The van der Waals surface area contributed by atoms with Crippen LogP contribution in [-0.2, 0) is 30.3 Å². The first-order valence-electron chi connectivity index (χ1n) is 15.9. The minimum atomic E-state index is -1.18. The molecule has 2 aromatic rings. The van der Waals surface area contributed by atoms with Crippen LogP contribution in [0.3, 0.4) is 0 Å². The van der Waals surface area contributed by atoms with Gasteiger partial charge in [-0.15, -0.1) is 0 Å². The van der Waals surface area contributed by atoms with Crippen molar-refractivity contribution in [3.8, 4) is 0 Å². The Labute approximate surface area is 249 Å². The van der Waals surface area contributed by atoms with E-state index in [0.29, 0.717) is 6.42 Å². The van der Waals surface area contributed by atoms with Gasteiger partial charge in [0, 0.05) is 20.0 Å². The number of imidazole rings is 1. The molecule has 236 valence electrons. The fourth-order valence-corrected chi connectivity index (χ4v) is 5.42. The maximum absolute atomic E-state index is 14.0. The summed E-state index contributed by atoms with van der Waals surface area (Å²) in [6.45, 7) is 1.66. The summed E-state index contributed by atoms with van der Waals surface area (Å²) in [5, 5.41) is 0. The standard InChI is InChI=1S/C31H50FN5O5/c1-31(40-2)22-41-25(38)19-17-15-13-11-9-7-5-3-4-6-8-10-12-14-16-18-20-26(39)42-24(31)21-37-23-34-27-28(33)35-30(32)36-29(27)37/h23-24H,3-22H2,1-2H3,(H2,33,35,36)/t24-,31+/m0/s1. The normalized spacial score (nSPS) is 24.3. The summed E-state index contributed by atoms with van der Waals surface area (Å²) in [7, 11) is 1.48. The van der Waals surface area contributed by atoms with Crippen molar-refractivity contribution in [1.82, 2.24) is 19.5 Å². The number of carbonyl (C=O) groups excluding carboxylic acids is 2. The maximum Gasteiger partial charge on any atom is 0.312 e. The number of cyclic esters (lactones) is 2. The van der Waals surface area contributed by atoms with Crippen molar-refractivity contribution in [3.63, 3.8) is 0 Å². The molecular formula is C31H50FN5O5. The molecule has 1 fully saturated rings. The van der Waals surface area contributed by atoms with Crippen LogP contribution in [0.5, 0.6) is 0 Å². The van der Waals surface area contributed by atoms with E-state index in [1.807, 2.05) is 0 Å². The lowest BCUT2D eigenvalue weighted by atomic mass is 9.99. The third-order valence-corrected chi connectivity index (χ3v) is 8.28. The number of ether oxygens (including phenoxy) is 3. The number of aromatic nitrogens is 4. The number of methoxy groups -OCH3 is 1. The third-order valence-electron chi connectivity index (χ3n) is 8.28. The zero-order valence-corrected chi connectivity index (χ0v) is 25.6. The Morgan fingerprint density at radius 3 is 1.90 bits per heavy atom. The van der Waals surface area contributed by atoms with Crippen molar-refractivity contribution in [1.29, 1.82) is 0 Å². The van der Waals surface area contributed by atoms with Crippen molar-refractivity contribution in [2.24, 2.45) is 0 Å². The van der Waals surface area contributed by atoms with E-state index in [4.69, 9.17) is 19.9 Å². The van der Waals surface area contributed by atoms with Crippen molar-refractivity contribution in [3.05, 3.63) is 12.4 Å². The number of hydrogen-bond acceptors (Lipinski definition) is 9. The van der Waals surface area contributed by atoms with E-state index < -0.39 is 17.8 Å². The smallest absolute Gasteiger partial charge is 0.312 e. The number of carbonyl (C=O) groups is 2. The molecule has 42 heavy (non-hydrogen) atoms. The quantitative estimate of drug-likeness (QED) is 0.316. The second kappa shape index (κ2) is 18.0. The number of nitrogen functional groups attached to an aromatic ring is 1. The number of anilines is 1. The summed E-state index contributed by atoms with van der Waals surface area (Å²) in [6, 6.07) is 0. The largest absolute Gasteiger partial charge is 0.462 e. The van der Waals surface area contributed by atoms with Crippen LogP contribution >= 0.6 is 0 Å². The first-order chi connectivity index (χ1) is 20.3. The molecule has 0 spiro atoms.